The number of benzene rings is 1. The summed E-state index contributed by atoms with van der Waals surface area (Å²) in [7, 11) is 0. The molecule has 0 aliphatic carbocycles. The van der Waals surface area contributed by atoms with Crippen LogP contribution in [0.25, 0.3) is 11.0 Å². The summed E-state index contributed by atoms with van der Waals surface area (Å²) in [6.45, 7) is 1.01. The number of likely N-dealkylation sites (tertiary alicyclic amines) is 1. The number of amides is 1. The highest BCUT2D eigenvalue weighted by Crippen LogP contribution is 2.22. The molecule has 1 N–H and O–H groups in total. The van der Waals surface area contributed by atoms with E-state index in [1.54, 1.807) is 35.5 Å². The number of nitrogens with zero attached hydrogens (tertiary/aromatic N) is 3. The van der Waals surface area contributed by atoms with E-state index in [0.29, 0.717) is 24.2 Å². The molecule has 1 saturated heterocycles. The van der Waals surface area contributed by atoms with Crippen LogP contribution in [0.5, 0.6) is 0 Å². The van der Waals surface area contributed by atoms with Crippen molar-refractivity contribution in [3.63, 3.8) is 0 Å². The van der Waals surface area contributed by atoms with Gasteiger partial charge in [-0.25, -0.2) is 0 Å². The first-order valence-corrected chi connectivity index (χ1v) is 6.35. The van der Waals surface area contributed by atoms with E-state index >= 15 is 0 Å². The predicted octanol–water partition coefficient (Wildman–Crippen LogP) is 1.18. The number of rotatable bonds is 3. The number of aromatic nitrogens is 2. The molecule has 0 atom stereocenters. The van der Waals surface area contributed by atoms with E-state index < -0.39 is 5.97 Å². The molecule has 3 rings (SSSR count). The van der Waals surface area contributed by atoms with Crippen molar-refractivity contribution in [1.29, 1.82) is 0 Å². The summed E-state index contributed by atoms with van der Waals surface area (Å²) >= 11 is 0. The van der Waals surface area contributed by atoms with Crippen LogP contribution in [0, 0.1) is 5.92 Å². The molecule has 0 unspecified atom stereocenters. The van der Waals surface area contributed by atoms with Gasteiger partial charge >= 0.3 is 5.97 Å². The first kappa shape index (κ1) is 12.5. The Morgan fingerprint density at radius 3 is 2.60 bits per heavy atom. The second-order valence-electron chi connectivity index (χ2n) is 4.93. The van der Waals surface area contributed by atoms with Gasteiger partial charge in [-0.3, -0.25) is 19.6 Å². The minimum atomic E-state index is -0.817. The maximum Gasteiger partial charge on any atom is 0.303 e. The van der Waals surface area contributed by atoms with Gasteiger partial charge in [0.1, 0.15) is 0 Å². The summed E-state index contributed by atoms with van der Waals surface area (Å²) in [5.74, 6) is -0.834. The van der Waals surface area contributed by atoms with Gasteiger partial charge in [-0.15, -0.1) is 0 Å². The third-order valence-corrected chi connectivity index (χ3v) is 3.42. The van der Waals surface area contributed by atoms with Crippen LogP contribution in [-0.2, 0) is 4.79 Å². The van der Waals surface area contributed by atoms with Gasteiger partial charge in [0.2, 0.25) is 0 Å². The average molecular weight is 271 g/mol. The third-order valence-electron chi connectivity index (χ3n) is 3.42. The van der Waals surface area contributed by atoms with Crippen molar-refractivity contribution in [2.24, 2.45) is 5.92 Å². The van der Waals surface area contributed by atoms with Crippen molar-refractivity contribution in [1.82, 2.24) is 14.9 Å². The Kier molecular flexibility index (Phi) is 3.06. The van der Waals surface area contributed by atoms with E-state index in [9.17, 15) is 9.59 Å². The lowest BCUT2D eigenvalue weighted by Gasteiger charge is -2.38. The van der Waals surface area contributed by atoms with E-state index in [2.05, 4.69) is 9.97 Å². The molecule has 1 aromatic carbocycles. The largest absolute Gasteiger partial charge is 0.481 e. The molecule has 20 heavy (non-hydrogen) atoms. The first-order chi connectivity index (χ1) is 9.63. The number of carbonyl (C=O) groups is 2. The molecular weight excluding hydrogens is 258 g/mol. The lowest BCUT2D eigenvalue weighted by molar-refractivity contribution is -0.139. The summed E-state index contributed by atoms with van der Waals surface area (Å²) in [5, 5.41) is 8.69. The zero-order chi connectivity index (χ0) is 14.1. The number of carboxylic acid groups (broad SMARTS) is 1. The fourth-order valence-electron chi connectivity index (χ4n) is 2.39. The van der Waals surface area contributed by atoms with Crippen LogP contribution in [0.3, 0.4) is 0 Å². The van der Waals surface area contributed by atoms with E-state index in [4.69, 9.17) is 5.11 Å². The molecule has 2 heterocycles. The van der Waals surface area contributed by atoms with E-state index in [1.165, 1.54) is 0 Å². The molecule has 0 radical (unpaired) electrons. The maximum absolute atomic E-state index is 12.2. The highest BCUT2D eigenvalue weighted by molar-refractivity contribution is 5.97. The van der Waals surface area contributed by atoms with Gasteiger partial charge in [-0.05, 0) is 18.2 Å². The monoisotopic (exact) mass is 271 g/mol. The van der Waals surface area contributed by atoms with Crippen molar-refractivity contribution in [2.75, 3.05) is 13.1 Å². The molecule has 1 amide bonds. The average Bonchev–Trinajstić information content (AvgIpc) is 2.41. The van der Waals surface area contributed by atoms with Crippen molar-refractivity contribution in [2.45, 2.75) is 6.42 Å². The zero-order valence-electron chi connectivity index (χ0n) is 10.7. The van der Waals surface area contributed by atoms with Crippen LogP contribution < -0.4 is 0 Å². The van der Waals surface area contributed by atoms with Gasteiger partial charge < -0.3 is 10.0 Å². The molecule has 0 spiro atoms. The zero-order valence-corrected chi connectivity index (χ0v) is 10.7. The van der Waals surface area contributed by atoms with Gasteiger partial charge in [0, 0.05) is 37.0 Å². The number of hydrogen-bond acceptors (Lipinski definition) is 4. The van der Waals surface area contributed by atoms with Gasteiger partial charge in [-0.1, -0.05) is 0 Å². The fourth-order valence-corrected chi connectivity index (χ4v) is 2.39. The Labute approximate surface area is 115 Å². The molecule has 6 nitrogen and oxygen atoms in total. The highest BCUT2D eigenvalue weighted by atomic mass is 16.4. The van der Waals surface area contributed by atoms with E-state index in [0.717, 1.165) is 5.52 Å². The van der Waals surface area contributed by atoms with Gasteiger partial charge in [-0.2, -0.15) is 0 Å². The van der Waals surface area contributed by atoms with Crippen LogP contribution >= 0.6 is 0 Å². The van der Waals surface area contributed by atoms with Crippen LogP contribution in [-0.4, -0.2) is 44.9 Å². The van der Waals surface area contributed by atoms with Crippen molar-refractivity contribution >= 4 is 22.9 Å². The standard InChI is InChI=1S/C14H13N3O3/c18-13(19)5-9-7-17(8-9)14(20)10-1-2-11-12(6-10)16-4-3-15-11/h1-4,6,9H,5,7-8H2,(H,18,19). The molecular formula is C14H13N3O3. The number of hydrogen-bond donors (Lipinski definition) is 1. The normalized spacial score (nSPS) is 15.1. The Hall–Kier alpha value is -2.50. The van der Waals surface area contributed by atoms with Gasteiger partial charge in [0.25, 0.3) is 5.91 Å². The lowest BCUT2D eigenvalue weighted by Crippen LogP contribution is -2.50. The van der Waals surface area contributed by atoms with Crippen molar-refractivity contribution in [3.05, 3.63) is 36.2 Å². The van der Waals surface area contributed by atoms with Crippen molar-refractivity contribution < 1.29 is 14.7 Å². The summed E-state index contributed by atoms with van der Waals surface area (Å²) < 4.78 is 0. The van der Waals surface area contributed by atoms with Crippen LogP contribution in [0.4, 0.5) is 0 Å². The Morgan fingerprint density at radius 2 is 1.90 bits per heavy atom. The van der Waals surface area contributed by atoms with E-state index in [-0.39, 0.29) is 18.2 Å². The molecule has 1 aliphatic heterocycles. The Bertz CT molecular complexity index is 680. The molecule has 6 heteroatoms. The third kappa shape index (κ3) is 2.32. The summed E-state index contributed by atoms with van der Waals surface area (Å²) in [5.41, 5.74) is 1.99. The number of carbonyl (C=O) groups excluding carboxylic acids is 1. The minimum absolute atomic E-state index is 0.0664. The quantitative estimate of drug-likeness (QED) is 0.906. The summed E-state index contributed by atoms with van der Waals surface area (Å²) in [6.07, 6.45) is 3.31. The second-order valence-corrected chi connectivity index (χ2v) is 4.93. The molecule has 102 valence electrons. The van der Waals surface area contributed by atoms with Crippen LogP contribution in [0.2, 0.25) is 0 Å². The topological polar surface area (TPSA) is 83.4 Å². The second kappa shape index (κ2) is 4.88. The van der Waals surface area contributed by atoms with Crippen LogP contribution in [0.15, 0.2) is 30.6 Å². The molecule has 1 aromatic heterocycles. The van der Waals surface area contributed by atoms with Gasteiger partial charge in [0.15, 0.2) is 0 Å². The molecule has 2 aromatic rings. The lowest BCUT2D eigenvalue weighted by atomic mass is 9.95. The highest BCUT2D eigenvalue weighted by Gasteiger charge is 2.32. The predicted molar refractivity (Wildman–Crippen MR) is 71.2 cm³/mol. The molecule has 1 aliphatic rings. The summed E-state index contributed by atoms with van der Waals surface area (Å²) in [6, 6.07) is 5.21. The first-order valence-electron chi connectivity index (χ1n) is 6.35. The smallest absolute Gasteiger partial charge is 0.303 e. The fraction of sp³-hybridized carbons (Fsp3) is 0.286. The molecule has 0 saturated carbocycles. The Balaban J connectivity index is 1.72. The number of fused-ring (bicyclic) bond motifs is 1. The minimum Gasteiger partial charge on any atom is -0.481 e. The van der Waals surface area contributed by atoms with Gasteiger partial charge in [0.05, 0.1) is 17.5 Å². The molecule has 1 fully saturated rings. The number of carboxylic acids is 1. The van der Waals surface area contributed by atoms with Crippen LogP contribution in [0.1, 0.15) is 16.8 Å². The maximum atomic E-state index is 12.2. The SMILES string of the molecule is O=C(O)CC1CN(C(=O)c2ccc3nccnc3c2)C1. The summed E-state index contributed by atoms with van der Waals surface area (Å²) in [4.78, 5) is 32.8. The Morgan fingerprint density at radius 1 is 1.20 bits per heavy atom. The van der Waals surface area contributed by atoms with Crippen molar-refractivity contribution in [3.8, 4) is 0 Å². The van der Waals surface area contributed by atoms with E-state index in [1.807, 2.05) is 0 Å². The number of aliphatic carboxylic acids is 1. The molecule has 0 bridgehead atoms.